The van der Waals surface area contributed by atoms with E-state index in [1.54, 1.807) is 0 Å². The molecule has 0 aliphatic carbocycles. The second kappa shape index (κ2) is 13.4. The first-order valence-corrected chi connectivity index (χ1v) is 15.2. The van der Waals surface area contributed by atoms with Crippen LogP contribution in [0.3, 0.4) is 0 Å². The van der Waals surface area contributed by atoms with Gasteiger partial charge in [-0.1, -0.05) is 121 Å². The number of amides is 1. The first-order valence-electron chi connectivity index (χ1n) is 15.2. The van der Waals surface area contributed by atoms with Crippen molar-refractivity contribution in [2.24, 2.45) is 5.92 Å². The first kappa shape index (κ1) is 28.2. The molecule has 1 unspecified atom stereocenters. The summed E-state index contributed by atoms with van der Waals surface area (Å²) in [6.45, 7) is 6.61. The molecule has 3 heteroatoms. The zero-order valence-electron chi connectivity index (χ0n) is 24.5. The van der Waals surface area contributed by atoms with E-state index in [1.165, 1.54) is 22.4 Å². The van der Waals surface area contributed by atoms with Crippen LogP contribution >= 0.6 is 0 Å². The van der Waals surface area contributed by atoms with Crippen LogP contribution in [0.15, 0.2) is 152 Å². The van der Waals surface area contributed by atoms with Gasteiger partial charge in [-0.2, -0.15) is 0 Å². The van der Waals surface area contributed by atoms with E-state index in [0.717, 1.165) is 49.2 Å². The van der Waals surface area contributed by atoms with Crippen LogP contribution in [0.2, 0.25) is 0 Å². The van der Waals surface area contributed by atoms with E-state index < -0.39 is 0 Å². The predicted octanol–water partition coefficient (Wildman–Crippen LogP) is 9.40. The number of allylic oxidation sites excluding steroid dienone is 1. The van der Waals surface area contributed by atoms with Crippen molar-refractivity contribution in [1.29, 1.82) is 0 Å². The van der Waals surface area contributed by atoms with Gasteiger partial charge < -0.3 is 10.2 Å². The molecule has 0 saturated carbocycles. The van der Waals surface area contributed by atoms with Gasteiger partial charge in [0.1, 0.15) is 0 Å². The third-order valence-electron chi connectivity index (χ3n) is 8.63. The van der Waals surface area contributed by atoms with E-state index in [-0.39, 0.29) is 5.91 Å². The summed E-state index contributed by atoms with van der Waals surface area (Å²) in [5.41, 5.74) is 8.61. The molecule has 1 atom stereocenters. The van der Waals surface area contributed by atoms with Gasteiger partial charge in [0.05, 0.1) is 0 Å². The minimum atomic E-state index is -0.101. The van der Waals surface area contributed by atoms with Crippen LogP contribution in [-0.2, 0) is 6.42 Å². The van der Waals surface area contributed by atoms with Gasteiger partial charge in [-0.25, -0.2) is 0 Å². The van der Waals surface area contributed by atoms with E-state index in [0.29, 0.717) is 17.4 Å². The number of hydrogen-bond acceptors (Lipinski definition) is 2. The third kappa shape index (κ3) is 6.79. The van der Waals surface area contributed by atoms with Gasteiger partial charge in [-0.05, 0) is 77.8 Å². The lowest BCUT2D eigenvalue weighted by atomic mass is 9.74. The Hall–Kier alpha value is -4.89. The Kier molecular flexibility index (Phi) is 8.80. The van der Waals surface area contributed by atoms with Gasteiger partial charge in [0, 0.05) is 35.9 Å². The second-order valence-electron chi connectivity index (χ2n) is 11.4. The Morgan fingerprint density at radius 2 is 1.30 bits per heavy atom. The summed E-state index contributed by atoms with van der Waals surface area (Å²) >= 11 is 0. The van der Waals surface area contributed by atoms with Gasteiger partial charge >= 0.3 is 0 Å². The predicted molar refractivity (Wildman–Crippen MR) is 180 cm³/mol. The number of carbonyl (C=O) groups excluding carboxylic acids is 1. The van der Waals surface area contributed by atoms with Crippen molar-refractivity contribution in [3.05, 3.63) is 168 Å². The number of hydrogen-bond donors (Lipinski definition) is 1. The largest absolute Gasteiger partial charge is 0.372 e. The first-order chi connectivity index (χ1) is 21.2. The summed E-state index contributed by atoms with van der Waals surface area (Å²) in [6.07, 6.45) is 3.13. The fourth-order valence-corrected chi connectivity index (χ4v) is 6.47. The maximum absolute atomic E-state index is 13.3. The summed E-state index contributed by atoms with van der Waals surface area (Å²) in [7, 11) is 0. The van der Waals surface area contributed by atoms with E-state index in [4.69, 9.17) is 0 Å². The normalized spacial score (nSPS) is 14.2. The summed E-state index contributed by atoms with van der Waals surface area (Å²) in [5, 5.41) is 3.10. The number of rotatable bonds is 9. The zero-order valence-corrected chi connectivity index (χ0v) is 24.5. The van der Waals surface area contributed by atoms with E-state index in [9.17, 15) is 4.79 Å². The van der Waals surface area contributed by atoms with Gasteiger partial charge in [0.2, 0.25) is 0 Å². The van der Waals surface area contributed by atoms with E-state index in [1.807, 2.05) is 66.7 Å². The molecule has 1 N–H and O–H groups in total. The average Bonchev–Trinajstić information content (AvgIpc) is 3.07. The molecule has 5 aromatic rings. The molecule has 1 aliphatic heterocycles. The number of anilines is 2. The summed E-state index contributed by atoms with van der Waals surface area (Å²) in [4.78, 5) is 15.7. The maximum Gasteiger partial charge on any atom is 0.256 e. The lowest BCUT2D eigenvalue weighted by molar-refractivity contribution is 0.102. The van der Waals surface area contributed by atoms with Crippen LogP contribution in [0.25, 0.3) is 11.1 Å². The number of nitrogens with one attached hydrogen (secondary N) is 1. The average molecular weight is 563 g/mol. The molecule has 0 aromatic heterocycles. The number of benzene rings is 5. The SMILES string of the molecule is C=C(Cc1ccccc1)C(c1ccccc1)C1CCN(c2ccc(NC(=O)c3ccccc3-c3ccccc3)cc2)CC1. The Labute approximate surface area is 255 Å². The minimum Gasteiger partial charge on any atom is -0.372 e. The molecule has 1 aliphatic rings. The number of piperidine rings is 1. The van der Waals surface area contributed by atoms with Crippen LogP contribution in [0, 0.1) is 5.92 Å². The van der Waals surface area contributed by atoms with Crippen molar-refractivity contribution in [3.8, 4) is 11.1 Å². The van der Waals surface area contributed by atoms with Gasteiger partial charge in [0.15, 0.2) is 0 Å². The molecule has 1 amide bonds. The molecule has 214 valence electrons. The van der Waals surface area contributed by atoms with Crippen LogP contribution in [0.5, 0.6) is 0 Å². The standard InChI is InChI=1S/C40H38N2O/c1-30(29-31-13-5-2-6-14-31)39(33-17-9-4-10-18-33)34-25-27-42(28-26-34)36-23-21-35(22-24-36)41-40(43)38-20-12-11-19-37(38)32-15-7-3-8-16-32/h2-24,34,39H,1,25-29H2,(H,41,43). The molecule has 0 bridgehead atoms. The summed E-state index contributed by atoms with van der Waals surface area (Å²) in [5.74, 6) is 0.800. The van der Waals surface area contributed by atoms with Crippen LogP contribution < -0.4 is 10.2 Å². The molecular formula is C40H38N2O. The molecule has 43 heavy (non-hydrogen) atoms. The van der Waals surface area contributed by atoms with Crippen LogP contribution in [0.1, 0.15) is 40.2 Å². The number of nitrogens with zero attached hydrogens (tertiary/aromatic N) is 1. The molecule has 6 rings (SSSR count). The smallest absolute Gasteiger partial charge is 0.256 e. The second-order valence-corrected chi connectivity index (χ2v) is 11.4. The fraction of sp³-hybridized carbons (Fsp3) is 0.175. The molecule has 1 saturated heterocycles. The lowest BCUT2D eigenvalue weighted by Crippen LogP contribution is -2.36. The fourth-order valence-electron chi connectivity index (χ4n) is 6.47. The van der Waals surface area contributed by atoms with Crippen molar-refractivity contribution in [2.75, 3.05) is 23.3 Å². The molecule has 0 radical (unpaired) electrons. The molecular weight excluding hydrogens is 524 g/mol. The van der Waals surface area contributed by atoms with Gasteiger partial charge in [-0.3, -0.25) is 4.79 Å². The highest BCUT2D eigenvalue weighted by Crippen LogP contribution is 2.39. The number of carbonyl (C=O) groups is 1. The third-order valence-corrected chi connectivity index (χ3v) is 8.63. The minimum absolute atomic E-state index is 0.101. The lowest BCUT2D eigenvalue weighted by Gasteiger charge is -2.38. The summed E-state index contributed by atoms with van der Waals surface area (Å²) < 4.78 is 0. The Bertz CT molecular complexity index is 1640. The maximum atomic E-state index is 13.3. The van der Waals surface area contributed by atoms with Crippen LogP contribution in [0.4, 0.5) is 11.4 Å². The topological polar surface area (TPSA) is 32.3 Å². The highest BCUT2D eigenvalue weighted by molar-refractivity contribution is 6.08. The Morgan fingerprint density at radius 1 is 0.721 bits per heavy atom. The van der Waals surface area contributed by atoms with E-state index >= 15 is 0 Å². The van der Waals surface area contributed by atoms with Crippen molar-refractivity contribution in [1.82, 2.24) is 0 Å². The molecule has 1 fully saturated rings. The Morgan fingerprint density at radius 3 is 1.98 bits per heavy atom. The quantitative estimate of drug-likeness (QED) is 0.182. The molecule has 5 aromatic carbocycles. The monoisotopic (exact) mass is 562 g/mol. The highest BCUT2D eigenvalue weighted by atomic mass is 16.1. The summed E-state index contributed by atoms with van der Waals surface area (Å²) in [6, 6.07) is 47.7. The zero-order chi connectivity index (χ0) is 29.4. The molecule has 3 nitrogen and oxygen atoms in total. The van der Waals surface area contributed by atoms with E-state index in [2.05, 4.69) is 89.6 Å². The van der Waals surface area contributed by atoms with Crippen LogP contribution in [-0.4, -0.2) is 19.0 Å². The van der Waals surface area contributed by atoms with Crippen molar-refractivity contribution < 1.29 is 4.79 Å². The molecule has 0 spiro atoms. The van der Waals surface area contributed by atoms with Crippen molar-refractivity contribution >= 4 is 17.3 Å². The molecule has 1 heterocycles. The van der Waals surface area contributed by atoms with Gasteiger partial charge in [0.25, 0.3) is 5.91 Å². The van der Waals surface area contributed by atoms with Gasteiger partial charge in [-0.15, -0.1) is 0 Å². The highest BCUT2D eigenvalue weighted by Gasteiger charge is 2.29. The van der Waals surface area contributed by atoms with Crippen molar-refractivity contribution in [3.63, 3.8) is 0 Å². The van der Waals surface area contributed by atoms with Crippen molar-refractivity contribution in [2.45, 2.75) is 25.2 Å². The Balaban J connectivity index is 1.10.